The van der Waals surface area contributed by atoms with Gasteiger partial charge in [0, 0.05) is 11.4 Å². The number of nitrogens with zero attached hydrogens (tertiary/aromatic N) is 2. The predicted octanol–water partition coefficient (Wildman–Crippen LogP) is 1.60. The Bertz CT molecular complexity index is 1030. The lowest BCUT2D eigenvalue weighted by atomic mass is 10.2. The normalized spacial score (nSPS) is 12.5. The van der Waals surface area contributed by atoms with Crippen molar-refractivity contribution >= 4 is 33.9 Å². The molecule has 1 N–H and O–H groups in total. The summed E-state index contributed by atoms with van der Waals surface area (Å²) >= 11 is 0. The maximum Gasteiger partial charge on any atom is 0.326 e. The Kier molecular flexibility index (Phi) is 4.75. The van der Waals surface area contributed by atoms with Crippen LogP contribution >= 0.6 is 0 Å². The third kappa shape index (κ3) is 3.44. The second kappa shape index (κ2) is 6.99. The van der Waals surface area contributed by atoms with Crippen LogP contribution in [0.4, 0.5) is 0 Å². The number of carbonyl (C=O) groups excluding carboxylic acids is 2. The molecule has 1 atom stereocenters. The van der Waals surface area contributed by atoms with Gasteiger partial charge in [-0.3, -0.25) is 19.0 Å². The maximum absolute atomic E-state index is 12.5. The number of carbonyl (C=O) groups is 2. The lowest BCUT2D eigenvalue weighted by Gasteiger charge is -2.15. The molecule has 1 unspecified atom stereocenters. The van der Waals surface area contributed by atoms with E-state index >= 15 is 0 Å². The van der Waals surface area contributed by atoms with E-state index in [1.54, 1.807) is 32.0 Å². The summed E-state index contributed by atoms with van der Waals surface area (Å²) in [4.78, 5) is 40.6. The molecule has 2 heterocycles. The van der Waals surface area contributed by atoms with Gasteiger partial charge >= 0.3 is 5.97 Å². The second-order valence-corrected chi connectivity index (χ2v) is 6.25. The van der Waals surface area contributed by atoms with Crippen LogP contribution in [0.1, 0.15) is 20.8 Å². The summed E-state index contributed by atoms with van der Waals surface area (Å²) in [7, 11) is 0. The fourth-order valence-electron chi connectivity index (χ4n) is 2.56. The molecule has 0 saturated carbocycles. The third-order valence-corrected chi connectivity index (χ3v) is 3.76. The molecule has 3 rings (SSSR count). The number of amides is 1. The van der Waals surface area contributed by atoms with Crippen LogP contribution in [0.2, 0.25) is 0 Å². The molecule has 0 spiro atoms. The molecular formula is C18H19N3O5. The number of aromatic nitrogens is 2. The van der Waals surface area contributed by atoms with Gasteiger partial charge in [-0.1, -0.05) is 12.1 Å². The highest BCUT2D eigenvalue weighted by atomic mass is 16.5. The second-order valence-electron chi connectivity index (χ2n) is 6.25. The van der Waals surface area contributed by atoms with Crippen molar-refractivity contribution in [2.75, 3.05) is 0 Å². The zero-order valence-corrected chi connectivity index (χ0v) is 14.7. The quantitative estimate of drug-likeness (QED) is 0.696. The zero-order valence-electron chi connectivity index (χ0n) is 14.7. The van der Waals surface area contributed by atoms with Crippen molar-refractivity contribution in [3.05, 3.63) is 40.9 Å². The highest BCUT2D eigenvalue weighted by Crippen LogP contribution is 2.23. The minimum atomic E-state index is -0.955. The van der Waals surface area contributed by atoms with Crippen LogP contribution in [0.3, 0.4) is 0 Å². The largest absolute Gasteiger partial charge is 0.451 e. The van der Waals surface area contributed by atoms with E-state index in [4.69, 9.17) is 9.15 Å². The molecule has 8 nitrogen and oxygen atoms in total. The molecule has 1 aromatic carbocycles. The van der Waals surface area contributed by atoms with Gasteiger partial charge in [0.05, 0.1) is 6.33 Å². The van der Waals surface area contributed by atoms with E-state index in [1.807, 2.05) is 6.07 Å². The van der Waals surface area contributed by atoms with Crippen LogP contribution in [0.25, 0.3) is 22.1 Å². The number of hydrogen-bond acceptors (Lipinski definition) is 6. The molecule has 0 fully saturated rings. The summed E-state index contributed by atoms with van der Waals surface area (Å²) in [5, 5.41) is 3.38. The van der Waals surface area contributed by atoms with E-state index in [0.717, 1.165) is 9.95 Å². The van der Waals surface area contributed by atoms with Crippen molar-refractivity contribution in [1.82, 2.24) is 14.9 Å². The third-order valence-electron chi connectivity index (χ3n) is 3.76. The first kappa shape index (κ1) is 17.7. The Labute approximate surface area is 148 Å². The summed E-state index contributed by atoms with van der Waals surface area (Å²) < 4.78 is 11.7. The van der Waals surface area contributed by atoms with Crippen LogP contribution in [0.15, 0.2) is 39.8 Å². The molecule has 8 heteroatoms. The van der Waals surface area contributed by atoms with Gasteiger partial charge in [-0.15, -0.1) is 0 Å². The van der Waals surface area contributed by atoms with E-state index < -0.39 is 23.5 Å². The molecule has 26 heavy (non-hydrogen) atoms. The van der Waals surface area contributed by atoms with Gasteiger partial charge in [0.2, 0.25) is 5.58 Å². The molecule has 1 amide bonds. The molecular weight excluding hydrogens is 338 g/mol. The minimum Gasteiger partial charge on any atom is -0.451 e. The van der Waals surface area contributed by atoms with Gasteiger partial charge in [-0.25, -0.2) is 4.98 Å². The number of benzene rings is 1. The van der Waals surface area contributed by atoms with Crippen molar-refractivity contribution in [2.45, 2.75) is 39.5 Å². The molecule has 0 saturated heterocycles. The first-order valence-corrected chi connectivity index (χ1v) is 8.23. The van der Waals surface area contributed by atoms with Crippen LogP contribution in [0, 0.1) is 0 Å². The Balaban J connectivity index is 1.79. The van der Waals surface area contributed by atoms with Gasteiger partial charge in [-0.2, -0.15) is 0 Å². The van der Waals surface area contributed by atoms with Crippen molar-refractivity contribution in [3.63, 3.8) is 0 Å². The molecule has 0 aliphatic rings. The number of fused-ring (bicyclic) bond motifs is 3. The molecule has 0 aliphatic heterocycles. The summed E-state index contributed by atoms with van der Waals surface area (Å²) in [6.07, 6.45) is 0.315. The Morgan fingerprint density at radius 2 is 2.00 bits per heavy atom. The molecule has 136 valence electrons. The number of hydrogen-bond donors (Lipinski definition) is 1. The molecule has 0 radical (unpaired) electrons. The number of esters is 1. The van der Waals surface area contributed by atoms with Gasteiger partial charge in [0.15, 0.2) is 6.10 Å². The number of furan rings is 1. The first-order chi connectivity index (χ1) is 12.4. The Morgan fingerprint density at radius 3 is 2.73 bits per heavy atom. The lowest BCUT2D eigenvalue weighted by molar-refractivity contribution is -0.155. The van der Waals surface area contributed by atoms with Crippen LogP contribution in [-0.2, 0) is 20.9 Å². The molecule has 2 aromatic heterocycles. The van der Waals surface area contributed by atoms with Gasteiger partial charge in [0.1, 0.15) is 17.6 Å². The smallest absolute Gasteiger partial charge is 0.326 e. The fraction of sp³-hybridized carbons (Fsp3) is 0.333. The van der Waals surface area contributed by atoms with Crippen molar-refractivity contribution in [2.24, 2.45) is 0 Å². The number of rotatable bonds is 5. The van der Waals surface area contributed by atoms with E-state index in [0.29, 0.717) is 11.1 Å². The monoisotopic (exact) mass is 357 g/mol. The highest BCUT2D eigenvalue weighted by Gasteiger charge is 2.20. The van der Waals surface area contributed by atoms with Crippen LogP contribution in [-0.4, -0.2) is 33.6 Å². The summed E-state index contributed by atoms with van der Waals surface area (Å²) in [5.74, 6) is -1.11. The van der Waals surface area contributed by atoms with Crippen LogP contribution < -0.4 is 10.9 Å². The average Bonchev–Trinajstić information content (AvgIpc) is 2.96. The van der Waals surface area contributed by atoms with E-state index in [1.165, 1.54) is 13.3 Å². The van der Waals surface area contributed by atoms with Crippen molar-refractivity contribution < 1.29 is 18.7 Å². The SMILES string of the molecule is CC(C)NC(=O)C(C)OC(=O)Cn1cnc2c(oc3ccccc32)c1=O. The summed E-state index contributed by atoms with van der Waals surface area (Å²) in [6.45, 7) is 4.72. The van der Waals surface area contributed by atoms with E-state index in [9.17, 15) is 14.4 Å². The average molecular weight is 357 g/mol. The molecule has 0 aliphatic carbocycles. The zero-order chi connectivity index (χ0) is 18.8. The fourth-order valence-corrected chi connectivity index (χ4v) is 2.56. The van der Waals surface area contributed by atoms with Gasteiger partial charge < -0.3 is 14.5 Å². The topological polar surface area (TPSA) is 103 Å². The van der Waals surface area contributed by atoms with Gasteiger partial charge in [-0.05, 0) is 32.9 Å². The standard InChI is InChI=1S/C18H19N3O5/c1-10(2)20-17(23)11(3)25-14(22)8-21-9-19-15-12-6-4-5-7-13(12)26-16(15)18(21)24/h4-7,9-11H,8H2,1-3H3,(H,20,23). The number of ether oxygens (including phenoxy) is 1. The minimum absolute atomic E-state index is 0.0639. The van der Waals surface area contributed by atoms with Crippen molar-refractivity contribution in [1.29, 1.82) is 0 Å². The van der Waals surface area contributed by atoms with E-state index in [-0.39, 0.29) is 18.2 Å². The maximum atomic E-state index is 12.5. The summed E-state index contributed by atoms with van der Waals surface area (Å²) in [6, 6.07) is 7.10. The van der Waals surface area contributed by atoms with Crippen LogP contribution in [0.5, 0.6) is 0 Å². The van der Waals surface area contributed by atoms with Crippen molar-refractivity contribution in [3.8, 4) is 0 Å². The first-order valence-electron chi connectivity index (χ1n) is 8.23. The predicted molar refractivity (Wildman–Crippen MR) is 94.6 cm³/mol. The molecule has 0 bridgehead atoms. The number of para-hydroxylation sites is 1. The number of nitrogens with one attached hydrogen (secondary N) is 1. The highest BCUT2D eigenvalue weighted by molar-refractivity contribution is 6.01. The summed E-state index contributed by atoms with van der Waals surface area (Å²) in [5.41, 5.74) is 0.584. The van der Waals surface area contributed by atoms with E-state index in [2.05, 4.69) is 10.3 Å². The molecule has 3 aromatic rings. The van der Waals surface area contributed by atoms with Gasteiger partial charge in [0.25, 0.3) is 11.5 Å². The Hall–Kier alpha value is -3.16. The Morgan fingerprint density at radius 1 is 1.27 bits per heavy atom. The lowest BCUT2D eigenvalue weighted by Crippen LogP contribution is -2.40.